The normalized spacial score (nSPS) is 18.5. The van der Waals surface area contributed by atoms with Crippen molar-refractivity contribution in [2.24, 2.45) is 0 Å². The molecule has 1 atom stereocenters. The summed E-state index contributed by atoms with van der Waals surface area (Å²) in [5.41, 5.74) is 1.98. The highest BCUT2D eigenvalue weighted by Gasteiger charge is 2.30. The topological polar surface area (TPSA) is 38.8 Å². The average molecular weight is 235 g/mol. The van der Waals surface area contributed by atoms with Crippen molar-refractivity contribution in [3.63, 3.8) is 0 Å². The number of anilines is 1. The Morgan fingerprint density at radius 1 is 1.41 bits per heavy atom. The van der Waals surface area contributed by atoms with E-state index >= 15 is 0 Å². The molecule has 0 spiro atoms. The lowest BCUT2D eigenvalue weighted by Gasteiger charge is -2.34. The lowest BCUT2D eigenvalue weighted by molar-refractivity contribution is 0.175. The summed E-state index contributed by atoms with van der Waals surface area (Å²) in [5, 5.41) is 0. The zero-order valence-electron chi connectivity index (χ0n) is 10.4. The molecule has 0 saturated carbocycles. The molecule has 92 valence electrons. The summed E-state index contributed by atoms with van der Waals surface area (Å²) in [6.45, 7) is 2.03. The van der Waals surface area contributed by atoms with Gasteiger partial charge < -0.3 is 9.47 Å². The minimum absolute atomic E-state index is 0.155. The Labute approximate surface area is 101 Å². The molecule has 1 aromatic carbocycles. The standard InChI is InChI=1S/C13H17NO3/c1-9-7-8-10-11(14(9)13(15)17-3)5-4-6-12(10)16-2/h4-6,9H,7-8H2,1-3H3. The summed E-state index contributed by atoms with van der Waals surface area (Å²) >= 11 is 0. The summed E-state index contributed by atoms with van der Waals surface area (Å²) in [7, 11) is 3.06. The Morgan fingerprint density at radius 2 is 2.18 bits per heavy atom. The number of hydrogen-bond acceptors (Lipinski definition) is 3. The van der Waals surface area contributed by atoms with E-state index in [2.05, 4.69) is 0 Å². The van der Waals surface area contributed by atoms with E-state index in [0.29, 0.717) is 0 Å². The summed E-state index contributed by atoms with van der Waals surface area (Å²) < 4.78 is 10.2. The van der Waals surface area contributed by atoms with Crippen LogP contribution in [-0.4, -0.2) is 26.4 Å². The molecule has 0 bridgehead atoms. The number of carbonyl (C=O) groups excluding carboxylic acids is 1. The van der Waals surface area contributed by atoms with Crippen molar-refractivity contribution >= 4 is 11.8 Å². The van der Waals surface area contributed by atoms with Crippen molar-refractivity contribution in [1.82, 2.24) is 0 Å². The molecular weight excluding hydrogens is 218 g/mol. The smallest absolute Gasteiger partial charge is 0.414 e. The van der Waals surface area contributed by atoms with E-state index in [1.165, 1.54) is 7.11 Å². The predicted molar refractivity (Wildman–Crippen MR) is 65.7 cm³/mol. The second-order valence-corrected chi connectivity index (χ2v) is 4.19. The highest BCUT2D eigenvalue weighted by atomic mass is 16.5. The zero-order valence-corrected chi connectivity index (χ0v) is 10.4. The lowest BCUT2D eigenvalue weighted by Crippen LogP contribution is -2.42. The SMILES string of the molecule is COC(=O)N1c2cccc(OC)c2CCC1C. The first-order valence-corrected chi connectivity index (χ1v) is 5.72. The number of ether oxygens (including phenoxy) is 2. The molecule has 17 heavy (non-hydrogen) atoms. The van der Waals surface area contributed by atoms with Crippen molar-refractivity contribution in [3.8, 4) is 5.75 Å². The van der Waals surface area contributed by atoms with Gasteiger partial charge in [0.25, 0.3) is 0 Å². The Bertz CT molecular complexity index is 431. The second-order valence-electron chi connectivity index (χ2n) is 4.19. The monoisotopic (exact) mass is 235 g/mol. The fraction of sp³-hybridized carbons (Fsp3) is 0.462. The number of hydrogen-bond donors (Lipinski definition) is 0. The van der Waals surface area contributed by atoms with Crippen LogP contribution in [0.4, 0.5) is 10.5 Å². The summed E-state index contributed by atoms with van der Waals surface area (Å²) in [5.74, 6) is 0.836. The van der Waals surface area contributed by atoms with Gasteiger partial charge in [-0.2, -0.15) is 0 Å². The maximum Gasteiger partial charge on any atom is 0.414 e. The lowest BCUT2D eigenvalue weighted by atomic mass is 9.96. The Hall–Kier alpha value is -1.71. The maximum atomic E-state index is 11.8. The molecule has 0 radical (unpaired) electrons. The minimum Gasteiger partial charge on any atom is -0.496 e. The van der Waals surface area contributed by atoms with Crippen LogP contribution in [0.1, 0.15) is 18.9 Å². The molecule has 1 aromatic rings. The highest BCUT2D eigenvalue weighted by Crippen LogP contribution is 2.36. The van der Waals surface area contributed by atoms with Crippen LogP contribution in [0.5, 0.6) is 5.75 Å². The third-order valence-electron chi connectivity index (χ3n) is 3.21. The number of rotatable bonds is 1. The van der Waals surface area contributed by atoms with Gasteiger partial charge in [-0.25, -0.2) is 4.79 Å². The fourth-order valence-corrected chi connectivity index (χ4v) is 2.32. The molecule has 0 aliphatic carbocycles. The van der Waals surface area contributed by atoms with Crippen LogP contribution in [0.15, 0.2) is 18.2 Å². The van der Waals surface area contributed by atoms with E-state index < -0.39 is 0 Å². The van der Waals surface area contributed by atoms with Gasteiger partial charge in [-0.15, -0.1) is 0 Å². The van der Waals surface area contributed by atoms with Crippen molar-refractivity contribution in [1.29, 1.82) is 0 Å². The minimum atomic E-state index is -0.313. The van der Waals surface area contributed by atoms with Gasteiger partial charge in [0.1, 0.15) is 5.75 Å². The van der Waals surface area contributed by atoms with Crippen molar-refractivity contribution < 1.29 is 14.3 Å². The molecule has 4 nitrogen and oxygen atoms in total. The third-order valence-corrected chi connectivity index (χ3v) is 3.21. The maximum absolute atomic E-state index is 11.8. The second kappa shape index (κ2) is 4.65. The van der Waals surface area contributed by atoms with E-state index in [0.717, 1.165) is 29.8 Å². The van der Waals surface area contributed by atoms with Gasteiger partial charge in [0.05, 0.1) is 19.9 Å². The molecule has 1 heterocycles. The predicted octanol–water partition coefficient (Wildman–Crippen LogP) is 2.60. The Kier molecular flexibility index (Phi) is 3.22. The highest BCUT2D eigenvalue weighted by molar-refractivity contribution is 5.90. The van der Waals surface area contributed by atoms with Crippen molar-refractivity contribution in [3.05, 3.63) is 23.8 Å². The van der Waals surface area contributed by atoms with Gasteiger partial charge in [0, 0.05) is 11.6 Å². The number of carbonyl (C=O) groups is 1. The molecule has 4 heteroatoms. The molecule has 1 aliphatic rings. The van der Waals surface area contributed by atoms with Crippen molar-refractivity contribution in [2.45, 2.75) is 25.8 Å². The fourth-order valence-electron chi connectivity index (χ4n) is 2.32. The first kappa shape index (κ1) is 11.8. The molecule has 0 saturated heterocycles. The quantitative estimate of drug-likeness (QED) is 0.751. The molecule has 1 aliphatic heterocycles. The Balaban J connectivity index is 2.48. The van der Waals surface area contributed by atoms with Crippen LogP contribution >= 0.6 is 0 Å². The van der Waals surface area contributed by atoms with E-state index in [9.17, 15) is 4.79 Å². The number of methoxy groups -OCH3 is 2. The van der Waals surface area contributed by atoms with Gasteiger partial charge in [-0.3, -0.25) is 4.90 Å². The van der Waals surface area contributed by atoms with Gasteiger partial charge in [0.2, 0.25) is 0 Å². The van der Waals surface area contributed by atoms with Gasteiger partial charge in [0.15, 0.2) is 0 Å². The molecule has 1 unspecified atom stereocenters. The van der Waals surface area contributed by atoms with Gasteiger partial charge in [-0.1, -0.05) is 6.07 Å². The van der Waals surface area contributed by atoms with Crippen molar-refractivity contribution in [2.75, 3.05) is 19.1 Å². The van der Waals surface area contributed by atoms with Crippen LogP contribution in [-0.2, 0) is 11.2 Å². The van der Waals surface area contributed by atoms with E-state index in [-0.39, 0.29) is 12.1 Å². The van der Waals surface area contributed by atoms with E-state index in [1.807, 2.05) is 25.1 Å². The molecule has 2 rings (SSSR count). The van der Waals surface area contributed by atoms with Gasteiger partial charge in [-0.05, 0) is 31.9 Å². The molecule has 1 amide bonds. The van der Waals surface area contributed by atoms with E-state index in [4.69, 9.17) is 9.47 Å². The molecule has 0 fully saturated rings. The van der Waals surface area contributed by atoms with Crippen LogP contribution in [0.25, 0.3) is 0 Å². The van der Waals surface area contributed by atoms with Crippen LogP contribution in [0.3, 0.4) is 0 Å². The molecule has 0 N–H and O–H groups in total. The number of nitrogens with zero attached hydrogens (tertiary/aromatic N) is 1. The van der Waals surface area contributed by atoms with Crippen LogP contribution in [0.2, 0.25) is 0 Å². The first-order chi connectivity index (χ1) is 8.19. The summed E-state index contributed by atoms with van der Waals surface area (Å²) in [6.07, 6.45) is 1.53. The average Bonchev–Trinajstić information content (AvgIpc) is 2.36. The largest absolute Gasteiger partial charge is 0.496 e. The Morgan fingerprint density at radius 3 is 2.82 bits per heavy atom. The van der Waals surface area contributed by atoms with Gasteiger partial charge >= 0.3 is 6.09 Å². The van der Waals surface area contributed by atoms with Crippen LogP contribution in [0, 0.1) is 0 Å². The molecule has 0 aromatic heterocycles. The first-order valence-electron chi connectivity index (χ1n) is 5.72. The number of amides is 1. The number of benzene rings is 1. The zero-order chi connectivity index (χ0) is 12.4. The van der Waals surface area contributed by atoms with E-state index in [1.54, 1.807) is 12.0 Å². The number of fused-ring (bicyclic) bond motifs is 1. The van der Waals surface area contributed by atoms with Crippen LogP contribution < -0.4 is 9.64 Å². The summed E-state index contributed by atoms with van der Waals surface area (Å²) in [6, 6.07) is 5.91. The molecular formula is C13H17NO3. The third kappa shape index (κ3) is 1.95. The summed E-state index contributed by atoms with van der Waals surface area (Å²) in [4.78, 5) is 13.5.